The van der Waals surface area contributed by atoms with E-state index in [9.17, 15) is 4.79 Å². The summed E-state index contributed by atoms with van der Waals surface area (Å²) in [5.74, 6) is 0. The van der Waals surface area contributed by atoms with Crippen molar-refractivity contribution in [3.05, 3.63) is 0 Å². The van der Waals surface area contributed by atoms with Gasteiger partial charge in [0.1, 0.15) is 6.23 Å². The lowest BCUT2D eigenvalue weighted by Gasteiger charge is -2.17. The van der Waals surface area contributed by atoms with Crippen LogP contribution in [0.25, 0.3) is 0 Å². The third kappa shape index (κ3) is 6.40. The lowest BCUT2D eigenvalue weighted by Crippen LogP contribution is -2.37. The standard InChI is InChI=1S/C9H19NO3/c1-5-6-8(12-4)10-9(11)13-7(2)3/h7-8H,5-6H2,1-4H3,(H,10,11). The molecule has 13 heavy (non-hydrogen) atoms. The summed E-state index contributed by atoms with van der Waals surface area (Å²) >= 11 is 0. The first-order chi connectivity index (χ1) is 6.10. The molecule has 1 N–H and O–H groups in total. The molecule has 4 heteroatoms. The first kappa shape index (κ1) is 12.2. The topological polar surface area (TPSA) is 47.6 Å². The zero-order valence-corrected chi connectivity index (χ0v) is 8.79. The van der Waals surface area contributed by atoms with E-state index in [4.69, 9.17) is 9.47 Å². The molecule has 4 nitrogen and oxygen atoms in total. The van der Waals surface area contributed by atoms with Gasteiger partial charge in [-0.2, -0.15) is 0 Å². The Hall–Kier alpha value is -0.770. The summed E-state index contributed by atoms with van der Waals surface area (Å²) in [6.07, 6.45) is 0.996. The number of nitrogens with one attached hydrogen (secondary N) is 1. The number of amides is 1. The van der Waals surface area contributed by atoms with E-state index in [1.165, 1.54) is 0 Å². The Morgan fingerprint density at radius 2 is 2.08 bits per heavy atom. The summed E-state index contributed by atoms with van der Waals surface area (Å²) in [5, 5.41) is 2.62. The number of methoxy groups -OCH3 is 1. The molecule has 0 spiro atoms. The molecule has 0 aliphatic carbocycles. The van der Waals surface area contributed by atoms with Gasteiger partial charge in [-0.3, -0.25) is 5.32 Å². The zero-order chi connectivity index (χ0) is 10.3. The normalized spacial score (nSPS) is 12.7. The minimum absolute atomic E-state index is 0.0980. The van der Waals surface area contributed by atoms with Gasteiger partial charge < -0.3 is 9.47 Å². The third-order valence-electron chi connectivity index (χ3n) is 1.46. The predicted octanol–water partition coefficient (Wildman–Crippen LogP) is 1.89. The molecule has 1 amide bonds. The summed E-state index contributed by atoms with van der Waals surface area (Å²) in [6.45, 7) is 5.64. The van der Waals surface area contributed by atoms with Gasteiger partial charge in [0.15, 0.2) is 0 Å². The van der Waals surface area contributed by atoms with Gasteiger partial charge in [-0.25, -0.2) is 4.79 Å². The highest BCUT2D eigenvalue weighted by Gasteiger charge is 2.11. The molecule has 0 fully saturated rings. The number of rotatable bonds is 5. The molecule has 0 bridgehead atoms. The first-order valence-corrected chi connectivity index (χ1v) is 4.60. The largest absolute Gasteiger partial charge is 0.447 e. The van der Waals surface area contributed by atoms with Crippen LogP contribution in [0.3, 0.4) is 0 Å². The van der Waals surface area contributed by atoms with Crippen LogP contribution in [0.5, 0.6) is 0 Å². The molecule has 1 unspecified atom stereocenters. The molecule has 0 heterocycles. The molecule has 0 aromatic heterocycles. The summed E-state index contributed by atoms with van der Waals surface area (Å²) in [4.78, 5) is 11.1. The molecule has 0 radical (unpaired) electrons. The number of hydrogen-bond acceptors (Lipinski definition) is 3. The van der Waals surface area contributed by atoms with E-state index in [0.29, 0.717) is 0 Å². The van der Waals surface area contributed by atoms with Crippen LogP contribution < -0.4 is 5.32 Å². The molecular weight excluding hydrogens is 170 g/mol. The Kier molecular flexibility index (Phi) is 6.32. The second kappa shape index (κ2) is 6.71. The molecule has 0 aromatic carbocycles. The highest BCUT2D eigenvalue weighted by atomic mass is 16.6. The minimum atomic E-state index is -0.421. The molecule has 0 saturated carbocycles. The van der Waals surface area contributed by atoms with E-state index in [0.717, 1.165) is 12.8 Å². The van der Waals surface area contributed by atoms with Gasteiger partial charge in [-0.15, -0.1) is 0 Å². The maximum absolute atomic E-state index is 11.1. The number of ether oxygens (including phenoxy) is 2. The Balaban J connectivity index is 3.73. The first-order valence-electron chi connectivity index (χ1n) is 4.60. The summed E-state index contributed by atoms with van der Waals surface area (Å²) in [5.41, 5.74) is 0. The SMILES string of the molecule is CCCC(NC(=O)OC(C)C)OC. The van der Waals surface area contributed by atoms with Crippen LogP contribution in [0.15, 0.2) is 0 Å². The van der Waals surface area contributed by atoms with E-state index < -0.39 is 6.09 Å². The Morgan fingerprint density at radius 1 is 1.46 bits per heavy atom. The highest BCUT2D eigenvalue weighted by molar-refractivity contribution is 5.67. The van der Waals surface area contributed by atoms with Crippen LogP contribution in [0.1, 0.15) is 33.6 Å². The van der Waals surface area contributed by atoms with Crippen molar-refractivity contribution in [2.75, 3.05) is 7.11 Å². The summed E-state index contributed by atoms with van der Waals surface area (Å²) < 4.78 is 9.93. The van der Waals surface area contributed by atoms with Crippen LogP contribution in [0.2, 0.25) is 0 Å². The highest BCUT2D eigenvalue weighted by Crippen LogP contribution is 1.98. The second-order valence-electron chi connectivity index (χ2n) is 3.11. The summed E-state index contributed by atoms with van der Waals surface area (Å²) in [7, 11) is 1.57. The summed E-state index contributed by atoms with van der Waals surface area (Å²) in [6, 6.07) is 0. The fourth-order valence-corrected chi connectivity index (χ4v) is 0.891. The lowest BCUT2D eigenvalue weighted by molar-refractivity contribution is 0.0480. The van der Waals surface area contributed by atoms with Gasteiger partial charge in [-0.1, -0.05) is 13.3 Å². The third-order valence-corrected chi connectivity index (χ3v) is 1.46. The van der Waals surface area contributed by atoms with E-state index >= 15 is 0 Å². The Bertz CT molecular complexity index is 148. The Labute approximate surface area is 79.6 Å². The van der Waals surface area contributed by atoms with Crippen LogP contribution in [-0.4, -0.2) is 25.5 Å². The van der Waals surface area contributed by atoms with Crippen molar-refractivity contribution in [3.8, 4) is 0 Å². The predicted molar refractivity (Wildman–Crippen MR) is 50.5 cm³/mol. The van der Waals surface area contributed by atoms with Crippen molar-refractivity contribution in [2.45, 2.75) is 45.9 Å². The number of hydrogen-bond donors (Lipinski definition) is 1. The van der Waals surface area contributed by atoms with E-state index in [1.54, 1.807) is 21.0 Å². The van der Waals surface area contributed by atoms with Crippen molar-refractivity contribution >= 4 is 6.09 Å². The molecule has 0 rings (SSSR count). The van der Waals surface area contributed by atoms with Crippen LogP contribution in [0, 0.1) is 0 Å². The van der Waals surface area contributed by atoms with Gasteiger partial charge >= 0.3 is 6.09 Å². The van der Waals surface area contributed by atoms with Crippen molar-refractivity contribution in [1.29, 1.82) is 0 Å². The van der Waals surface area contributed by atoms with Gasteiger partial charge in [0.05, 0.1) is 6.10 Å². The fourth-order valence-electron chi connectivity index (χ4n) is 0.891. The average molecular weight is 189 g/mol. The number of alkyl carbamates (subject to hydrolysis) is 1. The van der Waals surface area contributed by atoms with Crippen molar-refractivity contribution in [3.63, 3.8) is 0 Å². The molecule has 1 atom stereocenters. The monoisotopic (exact) mass is 189 g/mol. The molecular formula is C9H19NO3. The van der Waals surface area contributed by atoms with Gasteiger partial charge in [-0.05, 0) is 20.3 Å². The van der Waals surface area contributed by atoms with E-state index in [1.807, 2.05) is 6.92 Å². The fraction of sp³-hybridized carbons (Fsp3) is 0.889. The van der Waals surface area contributed by atoms with Crippen molar-refractivity contribution in [2.24, 2.45) is 0 Å². The maximum atomic E-state index is 11.1. The van der Waals surface area contributed by atoms with Crippen LogP contribution >= 0.6 is 0 Å². The molecule has 0 aliphatic heterocycles. The quantitative estimate of drug-likeness (QED) is 0.672. The zero-order valence-electron chi connectivity index (χ0n) is 8.79. The smallest absolute Gasteiger partial charge is 0.409 e. The van der Waals surface area contributed by atoms with Crippen LogP contribution in [-0.2, 0) is 9.47 Å². The molecule has 0 aliphatic rings. The lowest BCUT2D eigenvalue weighted by atomic mass is 10.3. The van der Waals surface area contributed by atoms with E-state index in [2.05, 4.69) is 5.32 Å². The maximum Gasteiger partial charge on any atom is 0.409 e. The minimum Gasteiger partial charge on any atom is -0.447 e. The molecule has 0 saturated heterocycles. The van der Waals surface area contributed by atoms with Gasteiger partial charge in [0, 0.05) is 7.11 Å². The average Bonchev–Trinajstić information content (AvgIpc) is 2.02. The number of carbonyl (C=O) groups excluding carboxylic acids is 1. The molecule has 78 valence electrons. The number of carbonyl (C=O) groups is 1. The Morgan fingerprint density at radius 3 is 2.46 bits per heavy atom. The van der Waals surface area contributed by atoms with Crippen molar-refractivity contribution in [1.82, 2.24) is 5.32 Å². The van der Waals surface area contributed by atoms with Gasteiger partial charge in [0.25, 0.3) is 0 Å². The van der Waals surface area contributed by atoms with Crippen LogP contribution in [0.4, 0.5) is 4.79 Å². The van der Waals surface area contributed by atoms with Crippen molar-refractivity contribution < 1.29 is 14.3 Å². The van der Waals surface area contributed by atoms with E-state index in [-0.39, 0.29) is 12.3 Å². The molecule has 0 aromatic rings. The second-order valence-corrected chi connectivity index (χ2v) is 3.11. The van der Waals surface area contributed by atoms with Gasteiger partial charge in [0.2, 0.25) is 0 Å².